The molecule has 0 spiro atoms. The predicted octanol–water partition coefficient (Wildman–Crippen LogP) is 1.79. The number of rotatable bonds is 11. The minimum Gasteiger partial charge on any atom is -0.377 e. The molecule has 0 aliphatic carbocycles. The summed E-state index contributed by atoms with van der Waals surface area (Å²) in [5, 5.41) is 0. The summed E-state index contributed by atoms with van der Waals surface area (Å²) < 4.78 is 15.7. The van der Waals surface area contributed by atoms with Gasteiger partial charge < -0.3 is 14.2 Å². The van der Waals surface area contributed by atoms with E-state index < -0.39 is 0 Å². The van der Waals surface area contributed by atoms with Crippen LogP contribution in [-0.2, 0) is 14.2 Å². The zero-order valence-electron chi connectivity index (χ0n) is 11.7. The molecule has 0 fully saturated rings. The monoisotopic (exact) mass is 275 g/mol. The largest absolute Gasteiger partial charge is 0.377 e. The van der Waals surface area contributed by atoms with E-state index in [2.05, 4.69) is 10.9 Å². The number of aliphatic imine (C=N–C) groups is 1. The zero-order chi connectivity index (χ0) is 14.3. The number of nitrogens with zero attached hydrogens (tertiary/aromatic N) is 1. The Morgan fingerprint density at radius 3 is 2.30 bits per heavy atom. The van der Waals surface area contributed by atoms with Gasteiger partial charge in [-0.2, -0.15) is 0 Å². The standard InChI is InChI=1S/C16H21NO3/c1-2-9-18-11-13-20-14-12-19-10-8-17-15-16-6-4-3-5-7-16/h1,3-7,15H,8-14H2/b17-15+. The quantitative estimate of drug-likeness (QED) is 0.351. The second kappa shape index (κ2) is 12.4. The molecule has 1 rings (SSSR count). The fourth-order valence-corrected chi connectivity index (χ4v) is 1.40. The first kappa shape index (κ1) is 16.4. The van der Waals surface area contributed by atoms with Crippen molar-refractivity contribution in [2.75, 3.05) is 46.2 Å². The maximum atomic E-state index is 5.39. The fraction of sp³-hybridized carbons (Fsp3) is 0.438. The molecule has 0 radical (unpaired) electrons. The van der Waals surface area contributed by atoms with Gasteiger partial charge in [-0.3, -0.25) is 4.99 Å². The van der Waals surface area contributed by atoms with Gasteiger partial charge in [0.2, 0.25) is 0 Å². The minimum atomic E-state index is 0.333. The van der Waals surface area contributed by atoms with Gasteiger partial charge in [-0.05, 0) is 5.56 Å². The number of terminal acetylenes is 1. The van der Waals surface area contributed by atoms with Crippen molar-refractivity contribution in [2.45, 2.75) is 0 Å². The molecule has 4 nitrogen and oxygen atoms in total. The highest BCUT2D eigenvalue weighted by Crippen LogP contribution is 1.93. The van der Waals surface area contributed by atoms with Crippen molar-refractivity contribution in [3.8, 4) is 12.3 Å². The Morgan fingerprint density at radius 1 is 0.950 bits per heavy atom. The van der Waals surface area contributed by atoms with Gasteiger partial charge in [0, 0.05) is 6.21 Å². The van der Waals surface area contributed by atoms with Gasteiger partial charge >= 0.3 is 0 Å². The lowest BCUT2D eigenvalue weighted by Crippen LogP contribution is -2.10. The Kier molecular flexibility index (Phi) is 10.1. The number of ether oxygens (including phenoxy) is 3. The molecule has 0 saturated carbocycles. The Hall–Kier alpha value is -1.67. The van der Waals surface area contributed by atoms with E-state index in [0.717, 1.165) is 5.56 Å². The molecular formula is C16H21NO3. The van der Waals surface area contributed by atoms with Crippen LogP contribution in [0.25, 0.3) is 0 Å². The summed E-state index contributed by atoms with van der Waals surface area (Å²) in [6.07, 6.45) is 6.89. The van der Waals surface area contributed by atoms with Gasteiger partial charge in [0.1, 0.15) is 6.61 Å². The van der Waals surface area contributed by atoms with E-state index in [4.69, 9.17) is 20.6 Å². The first-order valence-electron chi connectivity index (χ1n) is 6.65. The average Bonchev–Trinajstić information content (AvgIpc) is 2.49. The van der Waals surface area contributed by atoms with E-state index in [9.17, 15) is 0 Å². The van der Waals surface area contributed by atoms with Crippen molar-refractivity contribution >= 4 is 6.21 Å². The van der Waals surface area contributed by atoms with Gasteiger partial charge in [-0.15, -0.1) is 6.42 Å². The molecule has 0 aliphatic heterocycles. The topological polar surface area (TPSA) is 40.0 Å². The molecular weight excluding hydrogens is 254 g/mol. The van der Waals surface area contributed by atoms with Gasteiger partial charge in [-0.25, -0.2) is 0 Å². The maximum Gasteiger partial charge on any atom is 0.107 e. The van der Waals surface area contributed by atoms with Crippen LogP contribution >= 0.6 is 0 Å². The minimum absolute atomic E-state index is 0.333. The predicted molar refractivity (Wildman–Crippen MR) is 80.2 cm³/mol. The van der Waals surface area contributed by atoms with E-state index in [1.807, 2.05) is 36.5 Å². The molecule has 0 saturated heterocycles. The number of hydrogen-bond acceptors (Lipinski definition) is 4. The molecule has 0 N–H and O–H groups in total. The highest BCUT2D eigenvalue weighted by Gasteiger charge is 1.90. The van der Waals surface area contributed by atoms with Crippen LogP contribution in [0.15, 0.2) is 35.3 Å². The Balaban J connectivity index is 1.86. The van der Waals surface area contributed by atoms with Gasteiger partial charge in [-0.1, -0.05) is 36.3 Å². The lowest BCUT2D eigenvalue weighted by Gasteiger charge is -2.04. The van der Waals surface area contributed by atoms with E-state index in [1.165, 1.54) is 0 Å². The molecule has 0 aromatic heterocycles. The summed E-state index contributed by atoms with van der Waals surface area (Å²) in [6.45, 7) is 3.76. The SMILES string of the molecule is C#CCOCCOCCOCC/N=C/c1ccccc1. The van der Waals surface area contributed by atoms with Crippen LogP contribution in [0.1, 0.15) is 5.56 Å². The van der Waals surface area contributed by atoms with Crippen molar-refractivity contribution < 1.29 is 14.2 Å². The molecule has 4 heteroatoms. The molecule has 0 bridgehead atoms. The molecule has 0 atom stereocenters. The van der Waals surface area contributed by atoms with Crippen LogP contribution in [0.3, 0.4) is 0 Å². The van der Waals surface area contributed by atoms with E-state index in [-0.39, 0.29) is 0 Å². The van der Waals surface area contributed by atoms with Gasteiger partial charge in [0.25, 0.3) is 0 Å². The molecule has 108 valence electrons. The number of benzene rings is 1. The normalized spacial score (nSPS) is 10.8. The molecule has 0 heterocycles. The van der Waals surface area contributed by atoms with Crippen molar-refractivity contribution in [1.29, 1.82) is 0 Å². The van der Waals surface area contributed by atoms with E-state index in [0.29, 0.717) is 46.2 Å². The van der Waals surface area contributed by atoms with E-state index >= 15 is 0 Å². The Labute approximate surface area is 120 Å². The maximum absolute atomic E-state index is 5.39. The molecule has 20 heavy (non-hydrogen) atoms. The summed E-state index contributed by atoms with van der Waals surface area (Å²) in [5.41, 5.74) is 1.10. The number of hydrogen-bond donors (Lipinski definition) is 0. The van der Waals surface area contributed by atoms with Gasteiger partial charge in [0.15, 0.2) is 0 Å². The molecule has 0 unspecified atom stereocenters. The first-order valence-corrected chi connectivity index (χ1v) is 6.65. The Morgan fingerprint density at radius 2 is 1.60 bits per heavy atom. The van der Waals surface area contributed by atoms with Crippen molar-refractivity contribution in [3.63, 3.8) is 0 Å². The van der Waals surface area contributed by atoms with Crippen LogP contribution in [0.4, 0.5) is 0 Å². The molecule has 1 aromatic rings. The lowest BCUT2D eigenvalue weighted by atomic mass is 10.2. The van der Waals surface area contributed by atoms with Crippen LogP contribution in [0.2, 0.25) is 0 Å². The van der Waals surface area contributed by atoms with Crippen LogP contribution in [0.5, 0.6) is 0 Å². The summed E-state index contributed by atoms with van der Waals surface area (Å²) in [6, 6.07) is 9.99. The average molecular weight is 275 g/mol. The highest BCUT2D eigenvalue weighted by molar-refractivity contribution is 5.79. The third kappa shape index (κ3) is 9.29. The smallest absolute Gasteiger partial charge is 0.107 e. The summed E-state index contributed by atoms with van der Waals surface area (Å²) >= 11 is 0. The van der Waals surface area contributed by atoms with E-state index in [1.54, 1.807) is 0 Å². The molecule has 1 aromatic carbocycles. The summed E-state index contributed by atoms with van der Waals surface area (Å²) in [5.74, 6) is 2.39. The third-order valence-corrected chi connectivity index (χ3v) is 2.33. The molecule has 0 aliphatic rings. The fourth-order valence-electron chi connectivity index (χ4n) is 1.40. The zero-order valence-corrected chi connectivity index (χ0v) is 11.7. The summed E-state index contributed by atoms with van der Waals surface area (Å²) in [4.78, 5) is 4.28. The van der Waals surface area contributed by atoms with Gasteiger partial charge in [0.05, 0.1) is 39.6 Å². The third-order valence-electron chi connectivity index (χ3n) is 2.33. The molecule has 0 amide bonds. The second-order valence-corrected chi connectivity index (χ2v) is 3.93. The lowest BCUT2D eigenvalue weighted by molar-refractivity contribution is 0.0220. The highest BCUT2D eigenvalue weighted by atomic mass is 16.5. The van der Waals surface area contributed by atoms with Crippen LogP contribution < -0.4 is 0 Å². The van der Waals surface area contributed by atoms with Crippen molar-refractivity contribution in [2.24, 2.45) is 4.99 Å². The second-order valence-electron chi connectivity index (χ2n) is 3.93. The van der Waals surface area contributed by atoms with Crippen molar-refractivity contribution in [1.82, 2.24) is 0 Å². The van der Waals surface area contributed by atoms with Crippen LogP contribution in [-0.4, -0.2) is 52.4 Å². The van der Waals surface area contributed by atoms with Crippen LogP contribution in [0, 0.1) is 12.3 Å². The summed E-state index contributed by atoms with van der Waals surface area (Å²) in [7, 11) is 0. The first-order chi connectivity index (χ1) is 9.93. The Bertz CT molecular complexity index is 398. The van der Waals surface area contributed by atoms with Crippen molar-refractivity contribution in [3.05, 3.63) is 35.9 Å².